The maximum absolute atomic E-state index is 11.4. The summed E-state index contributed by atoms with van der Waals surface area (Å²) in [5, 5.41) is 8.77. The summed E-state index contributed by atoms with van der Waals surface area (Å²) in [5.41, 5.74) is 1.27. The van der Waals surface area contributed by atoms with Crippen LogP contribution in [0.3, 0.4) is 0 Å². The first-order valence-electron chi connectivity index (χ1n) is 4.36. The fourth-order valence-corrected chi connectivity index (χ4v) is 1.12. The molecule has 0 atom stereocenters. The van der Waals surface area contributed by atoms with Gasteiger partial charge in [-0.05, 0) is 12.5 Å². The number of carbonyl (C=O) groups is 2. The van der Waals surface area contributed by atoms with Gasteiger partial charge in [-0.1, -0.05) is 24.3 Å². The Morgan fingerprint density at radius 3 is 2.21 bits per heavy atom. The van der Waals surface area contributed by atoms with Crippen molar-refractivity contribution in [3.05, 3.63) is 35.4 Å². The van der Waals surface area contributed by atoms with E-state index in [4.69, 9.17) is 5.11 Å². The molecule has 1 aromatic rings. The van der Waals surface area contributed by atoms with Crippen molar-refractivity contribution in [2.24, 2.45) is 0 Å². The highest BCUT2D eigenvalue weighted by Gasteiger charge is 2.07. The van der Waals surface area contributed by atoms with Gasteiger partial charge in [-0.2, -0.15) is 0 Å². The van der Waals surface area contributed by atoms with Crippen molar-refractivity contribution in [1.29, 1.82) is 0 Å². The molecule has 0 unspecified atom stereocenters. The van der Waals surface area contributed by atoms with Crippen molar-refractivity contribution in [2.75, 3.05) is 0 Å². The van der Waals surface area contributed by atoms with E-state index < -0.39 is 0 Å². The third kappa shape index (κ3) is 2.78. The molecule has 0 aliphatic rings. The van der Waals surface area contributed by atoms with Gasteiger partial charge in [0, 0.05) is 5.56 Å². The zero-order valence-electron chi connectivity index (χ0n) is 7.99. The van der Waals surface area contributed by atoms with E-state index in [2.05, 4.69) is 0 Å². The molecule has 3 nitrogen and oxygen atoms in total. The smallest absolute Gasteiger partial charge is 0.170 e. The van der Waals surface area contributed by atoms with Crippen molar-refractivity contribution in [1.82, 2.24) is 0 Å². The van der Waals surface area contributed by atoms with Gasteiger partial charge in [-0.15, -0.1) is 0 Å². The number of aliphatic hydroxyl groups excluding tert-OH is 1. The zero-order chi connectivity index (χ0) is 10.6. The molecular weight excluding hydrogens is 180 g/mol. The maximum Gasteiger partial charge on any atom is 0.170 e. The Morgan fingerprint density at radius 2 is 1.79 bits per heavy atom. The summed E-state index contributed by atoms with van der Waals surface area (Å²) in [5.74, 6) is -0.316. The van der Waals surface area contributed by atoms with E-state index in [0.717, 1.165) is 5.56 Å². The Kier molecular flexibility index (Phi) is 3.54. The number of hydrogen-bond donors (Lipinski definition) is 1. The molecule has 0 aliphatic carbocycles. The molecule has 0 amide bonds. The van der Waals surface area contributed by atoms with Crippen molar-refractivity contribution in [3.63, 3.8) is 0 Å². The van der Waals surface area contributed by atoms with Gasteiger partial charge in [-0.25, -0.2) is 0 Å². The van der Waals surface area contributed by atoms with E-state index in [0.29, 0.717) is 5.56 Å². The van der Waals surface area contributed by atoms with Gasteiger partial charge >= 0.3 is 0 Å². The summed E-state index contributed by atoms with van der Waals surface area (Å²) < 4.78 is 0. The number of ketones is 2. The number of benzene rings is 1. The van der Waals surface area contributed by atoms with E-state index >= 15 is 0 Å². The highest BCUT2D eigenvalue weighted by Crippen LogP contribution is 2.07. The molecule has 74 valence electrons. The third-order valence-electron chi connectivity index (χ3n) is 1.87. The van der Waals surface area contributed by atoms with Crippen LogP contribution in [0.25, 0.3) is 0 Å². The Balaban J connectivity index is 2.76. The molecule has 3 heteroatoms. The Labute approximate surface area is 82.4 Å². The van der Waals surface area contributed by atoms with Crippen LogP contribution in [-0.4, -0.2) is 16.7 Å². The molecule has 0 aliphatic heterocycles. The minimum absolute atomic E-state index is 0.0405. The van der Waals surface area contributed by atoms with E-state index in [1.807, 2.05) is 0 Å². The van der Waals surface area contributed by atoms with Crippen LogP contribution in [0.15, 0.2) is 24.3 Å². The number of carbonyl (C=O) groups excluding carboxylic acids is 2. The largest absolute Gasteiger partial charge is 0.392 e. The first kappa shape index (κ1) is 10.6. The van der Waals surface area contributed by atoms with Crippen LogP contribution in [-0.2, 0) is 11.4 Å². The molecule has 0 saturated heterocycles. The third-order valence-corrected chi connectivity index (χ3v) is 1.87. The lowest BCUT2D eigenvalue weighted by molar-refractivity contribution is -0.116. The zero-order valence-corrected chi connectivity index (χ0v) is 7.99. The van der Waals surface area contributed by atoms with Gasteiger partial charge in [0.25, 0.3) is 0 Å². The van der Waals surface area contributed by atoms with Gasteiger partial charge in [0.1, 0.15) is 5.78 Å². The molecule has 0 saturated carbocycles. The Morgan fingerprint density at radius 1 is 1.21 bits per heavy atom. The lowest BCUT2D eigenvalue weighted by Gasteiger charge is -1.99. The molecule has 0 spiro atoms. The predicted octanol–water partition coefficient (Wildman–Crippen LogP) is 1.34. The molecule has 14 heavy (non-hydrogen) atoms. The van der Waals surface area contributed by atoms with Gasteiger partial charge in [-0.3, -0.25) is 9.59 Å². The van der Waals surface area contributed by atoms with Crippen molar-refractivity contribution >= 4 is 11.6 Å². The predicted molar refractivity (Wildman–Crippen MR) is 52.0 cm³/mol. The van der Waals surface area contributed by atoms with Crippen LogP contribution in [0.5, 0.6) is 0 Å². The summed E-state index contributed by atoms with van der Waals surface area (Å²) in [6.45, 7) is 1.35. The second kappa shape index (κ2) is 4.67. The van der Waals surface area contributed by atoms with Gasteiger partial charge in [0.15, 0.2) is 5.78 Å². The van der Waals surface area contributed by atoms with Crippen LogP contribution < -0.4 is 0 Å². The summed E-state index contributed by atoms with van der Waals surface area (Å²) in [4.78, 5) is 22.1. The number of hydrogen-bond acceptors (Lipinski definition) is 3. The molecular formula is C11H12O3. The molecule has 0 bridgehead atoms. The quantitative estimate of drug-likeness (QED) is 0.578. The second-order valence-corrected chi connectivity index (χ2v) is 3.16. The minimum Gasteiger partial charge on any atom is -0.392 e. The Hall–Kier alpha value is -1.48. The van der Waals surface area contributed by atoms with Gasteiger partial charge < -0.3 is 5.11 Å². The molecule has 0 aromatic heterocycles. The van der Waals surface area contributed by atoms with Crippen LogP contribution >= 0.6 is 0 Å². The van der Waals surface area contributed by atoms with E-state index in [1.54, 1.807) is 24.3 Å². The number of rotatable bonds is 4. The minimum atomic E-state index is -0.179. The lowest BCUT2D eigenvalue weighted by atomic mass is 10.1. The van der Waals surface area contributed by atoms with Gasteiger partial charge in [0.2, 0.25) is 0 Å². The van der Waals surface area contributed by atoms with E-state index in [-0.39, 0.29) is 24.6 Å². The molecule has 0 fully saturated rings. The molecule has 1 rings (SSSR count). The lowest BCUT2D eigenvalue weighted by Crippen LogP contribution is -2.04. The maximum atomic E-state index is 11.4. The topological polar surface area (TPSA) is 54.4 Å². The van der Waals surface area contributed by atoms with Crippen LogP contribution in [0.4, 0.5) is 0 Å². The summed E-state index contributed by atoms with van der Waals surface area (Å²) in [7, 11) is 0. The SMILES string of the molecule is CC(=O)CC(=O)c1ccc(CO)cc1. The number of Topliss-reactive ketones (excluding diaryl/α,β-unsaturated/α-hetero) is 2. The van der Waals surface area contributed by atoms with Crippen LogP contribution in [0.2, 0.25) is 0 Å². The average molecular weight is 192 g/mol. The molecule has 0 heterocycles. The van der Waals surface area contributed by atoms with E-state index in [1.165, 1.54) is 6.92 Å². The standard InChI is InChI=1S/C11H12O3/c1-8(13)6-11(14)10-4-2-9(7-12)3-5-10/h2-5,12H,6-7H2,1H3. The first-order chi connectivity index (χ1) is 6.63. The van der Waals surface area contributed by atoms with Crippen molar-refractivity contribution in [2.45, 2.75) is 20.0 Å². The van der Waals surface area contributed by atoms with E-state index in [9.17, 15) is 9.59 Å². The number of aliphatic hydroxyl groups is 1. The first-order valence-corrected chi connectivity index (χ1v) is 4.36. The van der Waals surface area contributed by atoms with Crippen LogP contribution in [0.1, 0.15) is 29.3 Å². The van der Waals surface area contributed by atoms with Crippen molar-refractivity contribution < 1.29 is 14.7 Å². The molecule has 1 aromatic carbocycles. The van der Waals surface area contributed by atoms with Crippen LogP contribution in [0, 0.1) is 0 Å². The van der Waals surface area contributed by atoms with Crippen molar-refractivity contribution in [3.8, 4) is 0 Å². The highest BCUT2D eigenvalue weighted by atomic mass is 16.3. The average Bonchev–Trinajstić information content (AvgIpc) is 2.17. The molecule has 0 radical (unpaired) electrons. The normalized spacial score (nSPS) is 9.86. The summed E-state index contributed by atoms with van der Waals surface area (Å²) in [6, 6.07) is 6.59. The highest BCUT2D eigenvalue weighted by molar-refractivity contribution is 6.07. The fourth-order valence-electron chi connectivity index (χ4n) is 1.12. The van der Waals surface area contributed by atoms with Gasteiger partial charge in [0.05, 0.1) is 13.0 Å². The summed E-state index contributed by atoms with van der Waals surface area (Å²) in [6.07, 6.45) is -0.0571. The summed E-state index contributed by atoms with van der Waals surface area (Å²) >= 11 is 0. The Bertz CT molecular complexity index is 338. The monoisotopic (exact) mass is 192 g/mol. The fraction of sp³-hybridized carbons (Fsp3) is 0.273. The molecule has 1 N–H and O–H groups in total. The second-order valence-electron chi connectivity index (χ2n) is 3.16.